The average Bonchev–Trinajstić information content (AvgIpc) is 2.49. The Balaban J connectivity index is 2.15. The molecule has 1 saturated carbocycles. The van der Waals surface area contributed by atoms with Gasteiger partial charge in [-0.05, 0) is 32.1 Å². The van der Waals surface area contributed by atoms with Crippen LogP contribution >= 0.6 is 0 Å². The van der Waals surface area contributed by atoms with Gasteiger partial charge < -0.3 is 10.1 Å². The highest BCUT2D eigenvalue weighted by atomic mass is 16.5. The standard InChI is InChI=1S/C16H27N3O/c1-5-12-8-7-9-13(10-12)20-16-11(3)15(17-4)18-14(6-2)19-16/h12-13H,5-10H2,1-4H3,(H,17,18,19). The van der Waals surface area contributed by atoms with Crippen LogP contribution in [-0.2, 0) is 6.42 Å². The van der Waals surface area contributed by atoms with Crippen LogP contribution in [0.4, 0.5) is 5.82 Å². The Hall–Kier alpha value is -1.32. The van der Waals surface area contributed by atoms with E-state index in [1.165, 1.54) is 19.3 Å². The highest BCUT2D eigenvalue weighted by Gasteiger charge is 2.23. The van der Waals surface area contributed by atoms with Gasteiger partial charge in [-0.2, -0.15) is 4.98 Å². The first kappa shape index (κ1) is 15.1. The summed E-state index contributed by atoms with van der Waals surface area (Å²) in [4.78, 5) is 9.06. The zero-order valence-electron chi connectivity index (χ0n) is 13.2. The van der Waals surface area contributed by atoms with Crippen LogP contribution in [0.3, 0.4) is 0 Å². The number of hydrogen-bond donors (Lipinski definition) is 1. The summed E-state index contributed by atoms with van der Waals surface area (Å²) in [7, 11) is 1.90. The summed E-state index contributed by atoms with van der Waals surface area (Å²) >= 11 is 0. The molecule has 1 aliphatic carbocycles. The highest BCUT2D eigenvalue weighted by molar-refractivity contribution is 5.48. The van der Waals surface area contributed by atoms with E-state index in [2.05, 4.69) is 29.1 Å². The summed E-state index contributed by atoms with van der Waals surface area (Å²) in [5.41, 5.74) is 1.02. The Morgan fingerprint density at radius 3 is 2.70 bits per heavy atom. The normalized spacial score (nSPS) is 22.6. The van der Waals surface area contributed by atoms with Gasteiger partial charge in [-0.3, -0.25) is 0 Å². The molecule has 2 unspecified atom stereocenters. The van der Waals surface area contributed by atoms with Gasteiger partial charge in [-0.1, -0.05) is 26.7 Å². The Morgan fingerprint density at radius 2 is 2.05 bits per heavy atom. The molecule has 2 rings (SSSR count). The molecule has 0 amide bonds. The molecule has 1 aliphatic rings. The fourth-order valence-corrected chi connectivity index (χ4v) is 2.93. The van der Waals surface area contributed by atoms with E-state index in [0.29, 0.717) is 6.10 Å². The van der Waals surface area contributed by atoms with Gasteiger partial charge >= 0.3 is 0 Å². The monoisotopic (exact) mass is 277 g/mol. The van der Waals surface area contributed by atoms with Gasteiger partial charge in [-0.25, -0.2) is 4.98 Å². The first-order valence-electron chi connectivity index (χ1n) is 7.89. The summed E-state index contributed by atoms with van der Waals surface area (Å²) in [6.07, 6.45) is 7.33. The number of rotatable bonds is 5. The van der Waals surface area contributed by atoms with Crippen LogP contribution in [0.5, 0.6) is 5.88 Å². The molecule has 20 heavy (non-hydrogen) atoms. The maximum Gasteiger partial charge on any atom is 0.222 e. The van der Waals surface area contributed by atoms with Crippen LogP contribution in [0, 0.1) is 12.8 Å². The number of aryl methyl sites for hydroxylation is 1. The highest BCUT2D eigenvalue weighted by Crippen LogP contribution is 2.31. The lowest BCUT2D eigenvalue weighted by atomic mass is 9.85. The molecule has 112 valence electrons. The Labute approximate surface area is 122 Å². The summed E-state index contributed by atoms with van der Waals surface area (Å²) in [5.74, 6) is 3.31. The lowest BCUT2D eigenvalue weighted by Crippen LogP contribution is -2.26. The van der Waals surface area contributed by atoms with Gasteiger partial charge in [0.25, 0.3) is 0 Å². The molecule has 4 heteroatoms. The van der Waals surface area contributed by atoms with Crippen molar-refractivity contribution in [3.05, 3.63) is 11.4 Å². The average molecular weight is 277 g/mol. The summed E-state index contributed by atoms with van der Waals surface area (Å²) in [6.45, 7) is 6.37. The van der Waals surface area contributed by atoms with Crippen LogP contribution in [-0.4, -0.2) is 23.1 Å². The molecule has 0 saturated heterocycles. The predicted molar refractivity (Wildman–Crippen MR) is 82.4 cm³/mol. The minimum atomic E-state index is 0.316. The van der Waals surface area contributed by atoms with Gasteiger partial charge in [0.05, 0.1) is 5.56 Å². The molecule has 0 aliphatic heterocycles. The number of nitrogens with one attached hydrogen (secondary N) is 1. The van der Waals surface area contributed by atoms with Crippen LogP contribution < -0.4 is 10.1 Å². The van der Waals surface area contributed by atoms with Crippen molar-refractivity contribution in [2.45, 2.75) is 65.4 Å². The number of aromatic nitrogens is 2. The van der Waals surface area contributed by atoms with E-state index >= 15 is 0 Å². The quantitative estimate of drug-likeness (QED) is 0.890. The molecular weight excluding hydrogens is 250 g/mol. The number of hydrogen-bond acceptors (Lipinski definition) is 4. The van der Waals surface area contributed by atoms with Crippen LogP contribution in [0.25, 0.3) is 0 Å². The predicted octanol–water partition coefficient (Wildman–Crippen LogP) is 3.74. The Kier molecular flexibility index (Phi) is 5.21. The number of anilines is 1. The van der Waals surface area contributed by atoms with E-state index in [-0.39, 0.29) is 0 Å². The van der Waals surface area contributed by atoms with Crippen LogP contribution in [0.1, 0.15) is 57.3 Å². The Bertz CT molecular complexity index is 448. The third kappa shape index (κ3) is 3.41. The number of nitrogens with zero attached hydrogens (tertiary/aromatic N) is 2. The fourth-order valence-electron chi connectivity index (χ4n) is 2.93. The molecule has 1 heterocycles. The SMILES string of the molecule is CCc1nc(NC)c(C)c(OC2CCCC(CC)C2)n1. The van der Waals surface area contributed by atoms with Crippen molar-refractivity contribution in [1.29, 1.82) is 0 Å². The van der Waals surface area contributed by atoms with E-state index < -0.39 is 0 Å². The maximum absolute atomic E-state index is 6.21. The molecule has 0 bridgehead atoms. The third-order valence-electron chi connectivity index (χ3n) is 4.29. The van der Waals surface area contributed by atoms with Gasteiger partial charge in [0.15, 0.2) is 0 Å². The smallest absolute Gasteiger partial charge is 0.222 e. The van der Waals surface area contributed by atoms with Gasteiger partial charge in [0.2, 0.25) is 5.88 Å². The van der Waals surface area contributed by atoms with E-state index in [1.807, 2.05) is 14.0 Å². The van der Waals surface area contributed by atoms with Gasteiger partial charge in [-0.15, -0.1) is 0 Å². The summed E-state index contributed by atoms with van der Waals surface area (Å²) < 4.78 is 6.21. The zero-order valence-corrected chi connectivity index (χ0v) is 13.2. The third-order valence-corrected chi connectivity index (χ3v) is 4.29. The van der Waals surface area contributed by atoms with Crippen molar-refractivity contribution in [2.24, 2.45) is 5.92 Å². The van der Waals surface area contributed by atoms with Crippen molar-refractivity contribution in [2.75, 3.05) is 12.4 Å². The van der Waals surface area contributed by atoms with Gasteiger partial charge in [0.1, 0.15) is 17.7 Å². The first-order chi connectivity index (χ1) is 9.67. The zero-order chi connectivity index (χ0) is 14.5. The van der Waals surface area contributed by atoms with E-state index in [4.69, 9.17) is 4.74 Å². The number of ether oxygens (including phenoxy) is 1. The van der Waals surface area contributed by atoms with E-state index in [9.17, 15) is 0 Å². The first-order valence-corrected chi connectivity index (χ1v) is 7.89. The molecule has 1 fully saturated rings. The van der Waals surface area contributed by atoms with Crippen molar-refractivity contribution < 1.29 is 4.74 Å². The molecule has 0 aromatic carbocycles. The lowest BCUT2D eigenvalue weighted by Gasteiger charge is -2.29. The second kappa shape index (κ2) is 6.91. The molecule has 0 spiro atoms. The van der Waals surface area contributed by atoms with Crippen molar-refractivity contribution >= 4 is 5.82 Å². The minimum Gasteiger partial charge on any atom is -0.474 e. The molecule has 2 atom stereocenters. The second-order valence-corrected chi connectivity index (χ2v) is 5.70. The maximum atomic E-state index is 6.21. The molecule has 1 N–H and O–H groups in total. The second-order valence-electron chi connectivity index (χ2n) is 5.70. The summed E-state index contributed by atoms with van der Waals surface area (Å²) in [5, 5.41) is 3.14. The molecule has 1 aromatic heterocycles. The molecular formula is C16H27N3O. The van der Waals surface area contributed by atoms with Crippen molar-refractivity contribution in [3.63, 3.8) is 0 Å². The van der Waals surface area contributed by atoms with E-state index in [1.54, 1.807) is 0 Å². The van der Waals surface area contributed by atoms with Crippen LogP contribution in [0.15, 0.2) is 0 Å². The van der Waals surface area contributed by atoms with E-state index in [0.717, 1.165) is 48.3 Å². The van der Waals surface area contributed by atoms with Crippen LogP contribution in [0.2, 0.25) is 0 Å². The minimum absolute atomic E-state index is 0.316. The topological polar surface area (TPSA) is 47.0 Å². The molecule has 4 nitrogen and oxygen atoms in total. The lowest BCUT2D eigenvalue weighted by molar-refractivity contribution is 0.116. The van der Waals surface area contributed by atoms with Crippen molar-refractivity contribution in [3.8, 4) is 5.88 Å². The molecule has 0 radical (unpaired) electrons. The fraction of sp³-hybridized carbons (Fsp3) is 0.750. The van der Waals surface area contributed by atoms with Gasteiger partial charge in [0, 0.05) is 13.5 Å². The molecule has 1 aromatic rings. The summed E-state index contributed by atoms with van der Waals surface area (Å²) in [6, 6.07) is 0. The largest absolute Gasteiger partial charge is 0.474 e. The Morgan fingerprint density at radius 1 is 1.25 bits per heavy atom. The van der Waals surface area contributed by atoms with Crippen molar-refractivity contribution in [1.82, 2.24) is 9.97 Å².